The first kappa shape index (κ1) is 30.7. The van der Waals surface area contributed by atoms with Gasteiger partial charge in [0.1, 0.15) is 5.82 Å². The van der Waals surface area contributed by atoms with Crippen molar-refractivity contribution in [3.63, 3.8) is 0 Å². The lowest BCUT2D eigenvalue weighted by atomic mass is 9.97. The fraction of sp³-hybridized carbons (Fsp3) is 0.219. The van der Waals surface area contributed by atoms with E-state index in [1.54, 1.807) is 40.1 Å². The number of fused-ring (bicyclic) bond motifs is 2. The van der Waals surface area contributed by atoms with Crippen molar-refractivity contribution in [1.82, 2.24) is 5.23 Å². The van der Waals surface area contributed by atoms with Crippen LogP contribution in [0.4, 0.5) is 15.8 Å². The van der Waals surface area contributed by atoms with Gasteiger partial charge in [0, 0.05) is 26.2 Å². The minimum atomic E-state index is -4.42. The number of sulfone groups is 2. The fourth-order valence-electron chi connectivity index (χ4n) is 6.33. The number of carbonyl (C=O) groups is 1. The lowest BCUT2D eigenvalue weighted by Crippen LogP contribution is -2.58. The first-order valence-electron chi connectivity index (χ1n) is 14.1. The van der Waals surface area contributed by atoms with Crippen molar-refractivity contribution in [2.24, 2.45) is 5.92 Å². The minimum absolute atomic E-state index is 0.0457. The zero-order valence-electron chi connectivity index (χ0n) is 23.8. The summed E-state index contributed by atoms with van der Waals surface area (Å²) in [6.45, 7) is -0.370. The molecule has 3 unspecified atom stereocenters. The molecule has 0 aliphatic carbocycles. The van der Waals surface area contributed by atoms with E-state index in [1.165, 1.54) is 42.5 Å². The molecule has 4 aromatic carbocycles. The Kier molecular flexibility index (Phi) is 8.12. The number of hydrogen-bond donors (Lipinski definition) is 2. The average molecular weight is 652 g/mol. The molecule has 0 aromatic heterocycles. The number of amides is 1. The molecule has 4 aromatic rings. The number of rotatable bonds is 7. The highest BCUT2D eigenvalue weighted by Crippen LogP contribution is 2.43. The van der Waals surface area contributed by atoms with E-state index in [9.17, 15) is 36.4 Å². The quantitative estimate of drug-likeness (QED) is 0.224. The van der Waals surface area contributed by atoms with Crippen LogP contribution in [0.15, 0.2) is 113 Å². The van der Waals surface area contributed by atoms with E-state index in [0.717, 1.165) is 5.56 Å². The van der Waals surface area contributed by atoms with Gasteiger partial charge in [-0.2, -0.15) is 0 Å². The fourth-order valence-corrected chi connectivity index (χ4v) is 10.7. The van der Waals surface area contributed by atoms with Crippen molar-refractivity contribution in [2.45, 2.75) is 33.4 Å². The van der Waals surface area contributed by atoms with E-state index in [2.05, 4.69) is 0 Å². The first-order chi connectivity index (χ1) is 21.5. The maximum atomic E-state index is 14.3. The SMILES string of the molecule is O=C(C(C1CN(Cc2ccccc2)c2ccccc2S1(=O)=O)C1CN(Cc2cccc(F)c2)c2ccccc2S1(=O)=O)N(O)O. The normalized spacial score (nSPS) is 20.5. The third-order valence-corrected chi connectivity index (χ3v) is 12.8. The van der Waals surface area contributed by atoms with Crippen LogP contribution in [-0.4, -0.2) is 62.0 Å². The smallest absolute Gasteiger partial charge is 0.278 e. The Hall–Kier alpha value is -4.30. The van der Waals surface area contributed by atoms with Gasteiger partial charge in [-0.15, -0.1) is 0 Å². The Balaban J connectivity index is 1.49. The molecule has 2 aliphatic heterocycles. The molecule has 0 bridgehead atoms. The Morgan fingerprint density at radius 2 is 1.18 bits per heavy atom. The summed E-state index contributed by atoms with van der Waals surface area (Å²) in [7, 11) is -8.80. The second kappa shape index (κ2) is 11.9. The number of hydroxylamine groups is 2. The second-order valence-electron chi connectivity index (χ2n) is 11.1. The number of halogens is 1. The molecule has 0 spiro atoms. The topological polar surface area (TPSA) is 136 Å². The number of benzene rings is 4. The summed E-state index contributed by atoms with van der Waals surface area (Å²) in [6.07, 6.45) is 0. The van der Waals surface area contributed by atoms with Crippen LogP contribution in [0.25, 0.3) is 0 Å². The third kappa shape index (κ3) is 5.68. The number of para-hydroxylation sites is 2. The minimum Gasteiger partial charge on any atom is -0.365 e. The zero-order valence-corrected chi connectivity index (χ0v) is 25.5. The number of nitrogens with zero attached hydrogens (tertiary/aromatic N) is 3. The van der Waals surface area contributed by atoms with Gasteiger partial charge in [-0.3, -0.25) is 15.2 Å². The molecule has 0 saturated heterocycles. The number of anilines is 2. The summed E-state index contributed by atoms with van der Waals surface area (Å²) in [5, 5.41) is 15.9. The highest BCUT2D eigenvalue weighted by atomic mass is 32.2. The van der Waals surface area contributed by atoms with Gasteiger partial charge in [0.25, 0.3) is 5.91 Å². The molecule has 2 heterocycles. The Labute approximate surface area is 260 Å². The van der Waals surface area contributed by atoms with Gasteiger partial charge >= 0.3 is 0 Å². The summed E-state index contributed by atoms with van der Waals surface area (Å²) in [6, 6.07) is 27.3. The molecule has 45 heavy (non-hydrogen) atoms. The number of carbonyl (C=O) groups excluding carboxylic acids is 1. The Morgan fingerprint density at radius 3 is 1.69 bits per heavy atom. The average Bonchev–Trinajstić information content (AvgIpc) is 3.02. The molecule has 0 saturated carbocycles. The summed E-state index contributed by atoms with van der Waals surface area (Å²) in [5.41, 5.74) is 2.06. The van der Waals surface area contributed by atoms with Crippen molar-refractivity contribution in [3.8, 4) is 0 Å². The molecule has 3 atom stereocenters. The molecular weight excluding hydrogens is 621 g/mol. The van der Waals surface area contributed by atoms with Crippen molar-refractivity contribution in [1.29, 1.82) is 0 Å². The van der Waals surface area contributed by atoms with E-state index < -0.39 is 53.0 Å². The summed E-state index contributed by atoms with van der Waals surface area (Å²) in [4.78, 5) is 16.8. The molecule has 0 fully saturated rings. The van der Waals surface area contributed by atoms with Crippen LogP contribution in [0, 0.1) is 11.7 Å². The Morgan fingerprint density at radius 1 is 0.711 bits per heavy atom. The van der Waals surface area contributed by atoms with Crippen LogP contribution in [0.5, 0.6) is 0 Å². The zero-order chi connectivity index (χ0) is 31.9. The van der Waals surface area contributed by atoms with Crippen LogP contribution < -0.4 is 9.80 Å². The van der Waals surface area contributed by atoms with E-state index in [0.29, 0.717) is 16.9 Å². The first-order valence-corrected chi connectivity index (χ1v) is 17.2. The highest BCUT2D eigenvalue weighted by molar-refractivity contribution is 7.93. The second-order valence-corrected chi connectivity index (χ2v) is 15.4. The predicted octanol–water partition coefficient (Wildman–Crippen LogP) is 4.07. The van der Waals surface area contributed by atoms with E-state index in [-0.39, 0.29) is 36.0 Å². The van der Waals surface area contributed by atoms with Gasteiger partial charge < -0.3 is 9.80 Å². The number of hydrogen-bond acceptors (Lipinski definition) is 9. The molecule has 234 valence electrons. The standard InChI is InChI=1S/C32H30FN3O7S2/c33-24-12-8-11-23(17-24)19-35-21-30(45(42,43)28-16-7-5-14-26(28)35)31(32(37)36(38)39)29-20-34(18-22-9-2-1-3-10-22)25-13-4-6-15-27(25)44(29,40)41/h1-17,29-31,38-39H,18-21H2. The van der Waals surface area contributed by atoms with Crippen molar-refractivity contribution in [3.05, 3.63) is 120 Å². The summed E-state index contributed by atoms with van der Waals surface area (Å²) >= 11 is 0. The van der Waals surface area contributed by atoms with Crippen LogP contribution in [-0.2, 0) is 37.6 Å². The van der Waals surface area contributed by atoms with E-state index in [1.807, 2.05) is 30.3 Å². The molecule has 13 heteroatoms. The lowest BCUT2D eigenvalue weighted by Gasteiger charge is -2.43. The van der Waals surface area contributed by atoms with Crippen molar-refractivity contribution < 1.29 is 36.4 Å². The summed E-state index contributed by atoms with van der Waals surface area (Å²) in [5.74, 6) is -3.89. The maximum Gasteiger partial charge on any atom is 0.278 e. The van der Waals surface area contributed by atoms with Gasteiger partial charge in [-0.05, 0) is 47.5 Å². The van der Waals surface area contributed by atoms with E-state index >= 15 is 0 Å². The van der Waals surface area contributed by atoms with Gasteiger partial charge in [0.2, 0.25) is 0 Å². The Bertz CT molecular complexity index is 1960. The lowest BCUT2D eigenvalue weighted by molar-refractivity contribution is -0.288. The monoisotopic (exact) mass is 651 g/mol. The highest BCUT2D eigenvalue weighted by Gasteiger charge is 2.54. The van der Waals surface area contributed by atoms with Crippen LogP contribution in [0.3, 0.4) is 0 Å². The maximum absolute atomic E-state index is 14.3. The van der Waals surface area contributed by atoms with Gasteiger partial charge in [-0.1, -0.05) is 72.0 Å². The third-order valence-electron chi connectivity index (χ3n) is 8.38. The van der Waals surface area contributed by atoms with Crippen LogP contribution in [0.2, 0.25) is 0 Å². The molecule has 1 amide bonds. The molecule has 2 N–H and O–H groups in total. The van der Waals surface area contributed by atoms with Crippen molar-refractivity contribution in [2.75, 3.05) is 22.9 Å². The van der Waals surface area contributed by atoms with Crippen LogP contribution in [0.1, 0.15) is 11.1 Å². The molecule has 0 radical (unpaired) electrons. The van der Waals surface area contributed by atoms with Gasteiger partial charge in [0.05, 0.1) is 37.6 Å². The largest absolute Gasteiger partial charge is 0.365 e. The van der Waals surface area contributed by atoms with E-state index in [4.69, 9.17) is 0 Å². The van der Waals surface area contributed by atoms with Crippen LogP contribution >= 0.6 is 0 Å². The molecule has 6 rings (SSSR count). The van der Waals surface area contributed by atoms with Gasteiger partial charge in [0.15, 0.2) is 19.7 Å². The van der Waals surface area contributed by atoms with Gasteiger partial charge in [-0.25, -0.2) is 21.2 Å². The van der Waals surface area contributed by atoms with Crippen molar-refractivity contribution >= 4 is 37.0 Å². The summed E-state index contributed by atoms with van der Waals surface area (Å²) < 4.78 is 71.2. The molecular formula is C32H30FN3O7S2. The molecule has 10 nitrogen and oxygen atoms in total. The molecule has 2 aliphatic rings. The predicted molar refractivity (Wildman–Crippen MR) is 164 cm³/mol.